The number of fused-ring (bicyclic) bond motifs is 1. The van der Waals surface area contributed by atoms with Gasteiger partial charge in [-0.1, -0.05) is 12.1 Å². The van der Waals surface area contributed by atoms with Crippen molar-refractivity contribution in [3.05, 3.63) is 42.2 Å². The van der Waals surface area contributed by atoms with Gasteiger partial charge in [-0.2, -0.15) is 5.10 Å². The van der Waals surface area contributed by atoms with E-state index in [0.717, 1.165) is 49.7 Å². The van der Waals surface area contributed by atoms with E-state index in [4.69, 9.17) is 0 Å². The Kier molecular flexibility index (Phi) is 4.21. The fourth-order valence-electron chi connectivity index (χ4n) is 4.10. The maximum absolute atomic E-state index is 13.4. The van der Waals surface area contributed by atoms with Crippen LogP contribution >= 0.6 is 0 Å². The highest BCUT2D eigenvalue weighted by Crippen LogP contribution is 2.36. The smallest absolute Gasteiger partial charge is 0.232 e. The molecule has 0 saturated carbocycles. The summed E-state index contributed by atoms with van der Waals surface area (Å²) >= 11 is 0. The molecule has 2 atom stereocenters. The lowest BCUT2D eigenvalue weighted by Crippen LogP contribution is -2.47. The van der Waals surface area contributed by atoms with Gasteiger partial charge in [-0.25, -0.2) is 0 Å². The van der Waals surface area contributed by atoms with Gasteiger partial charge in [0.25, 0.3) is 0 Å². The molecular formula is C19H25N5O. The van der Waals surface area contributed by atoms with Gasteiger partial charge in [0.1, 0.15) is 0 Å². The van der Waals surface area contributed by atoms with Crippen LogP contribution in [0.4, 0.5) is 11.4 Å². The monoisotopic (exact) mass is 339 g/mol. The Balaban J connectivity index is 1.62. The third-order valence-electron chi connectivity index (χ3n) is 5.44. The minimum absolute atomic E-state index is 0.0366. The third-order valence-corrected chi connectivity index (χ3v) is 5.44. The van der Waals surface area contributed by atoms with Gasteiger partial charge in [-0.15, -0.1) is 0 Å². The number of rotatable bonds is 3. The molecular weight excluding hydrogens is 314 g/mol. The van der Waals surface area contributed by atoms with E-state index in [1.165, 1.54) is 0 Å². The molecule has 0 aliphatic carbocycles. The molecule has 1 aromatic heterocycles. The Morgan fingerprint density at radius 3 is 2.76 bits per heavy atom. The van der Waals surface area contributed by atoms with Crippen LogP contribution in [0.3, 0.4) is 0 Å². The number of aromatic nitrogens is 2. The number of carbonyl (C=O) groups excluding carboxylic acids is 1. The summed E-state index contributed by atoms with van der Waals surface area (Å²) in [6, 6.07) is 8.25. The van der Waals surface area contributed by atoms with Crippen LogP contribution in [0.2, 0.25) is 0 Å². The Morgan fingerprint density at radius 1 is 1.24 bits per heavy atom. The SMILES string of the molecule is CCN1CCN(C(=O)[C@H]2CNC[C@@H]2c2cnn(C)c2)c2ccccc21. The number of likely N-dealkylation sites (N-methyl/N-ethyl adjacent to an activating group) is 1. The molecule has 1 amide bonds. The second-order valence-electron chi connectivity index (χ2n) is 6.88. The van der Waals surface area contributed by atoms with E-state index < -0.39 is 0 Å². The number of nitrogens with zero attached hydrogens (tertiary/aromatic N) is 4. The highest BCUT2D eigenvalue weighted by Gasteiger charge is 2.39. The Bertz CT molecular complexity index is 771. The second-order valence-corrected chi connectivity index (χ2v) is 6.88. The standard InChI is InChI=1S/C19H25N5O/c1-3-23-8-9-24(18-7-5-4-6-17(18)23)19(25)16-12-20-11-15(16)14-10-21-22(2)13-14/h4-7,10,13,15-16,20H,3,8-9,11-12H2,1-2H3/t15-,16+/m1/s1. The topological polar surface area (TPSA) is 53.4 Å². The van der Waals surface area contributed by atoms with Crippen molar-refractivity contribution in [2.45, 2.75) is 12.8 Å². The molecule has 1 aromatic carbocycles. The van der Waals surface area contributed by atoms with Crippen molar-refractivity contribution in [1.82, 2.24) is 15.1 Å². The van der Waals surface area contributed by atoms with Crippen molar-refractivity contribution in [3.8, 4) is 0 Å². The molecule has 2 aliphatic heterocycles. The molecule has 0 radical (unpaired) electrons. The predicted octanol–water partition coefficient (Wildman–Crippen LogP) is 1.60. The van der Waals surface area contributed by atoms with Crippen LogP contribution in [0, 0.1) is 5.92 Å². The lowest BCUT2D eigenvalue weighted by atomic mass is 9.89. The first-order chi connectivity index (χ1) is 12.2. The predicted molar refractivity (Wildman–Crippen MR) is 99.0 cm³/mol. The van der Waals surface area contributed by atoms with Gasteiger partial charge in [-0.05, 0) is 24.6 Å². The molecule has 132 valence electrons. The summed E-state index contributed by atoms with van der Waals surface area (Å²) in [5, 5.41) is 7.68. The van der Waals surface area contributed by atoms with Gasteiger partial charge in [0.05, 0.1) is 23.5 Å². The minimum Gasteiger partial charge on any atom is -0.368 e. The number of nitrogens with one attached hydrogen (secondary N) is 1. The first-order valence-corrected chi connectivity index (χ1v) is 9.03. The zero-order valence-corrected chi connectivity index (χ0v) is 14.9. The molecule has 6 heteroatoms. The number of para-hydroxylation sites is 2. The van der Waals surface area contributed by atoms with E-state index in [1.807, 2.05) is 41.2 Å². The number of amides is 1. The molecule has 25 heavy (non-hydrogen) atoms. The molecule has 1 N–H and O–H groups in total. The molecule has 2 aliphatic rings. The summed E-state index contributed by atoms with van der Waals surface area (Å²) in [4.78, 5) is 17.7. The lowest BCUT2D eigenvalue weighted by Gasteiger charge is -2.38. The van der Waals surface area contributed by atoms with Crippen LogP contribution in [-0.4, -0.2) is 48.4 Å². The maximum atomic E-state index is 13.4. The summed E-state index contributed by atoms with van der Waals surface area (Å²) in [6.07, 6.45) is 3.92. The maximum Gasteiger partial charge on any atom is 0.232 e. The molecule has 3 heterocycles. The van der Waals surface area contributed by atoms with Crippen LogP contribution in [0.15, 0.2) is 36.7 Å². The largest absolute Gasteiger partial charge is 0.368 e. The highest BCUT2D eigenvalue weighted by molar-refractivity contribution is 6.00. The molecule has 0 spiro atoms. The van der Waals surface area contributed by atoms with Crippen molar-refractivity contribution in [1.29, 1.82) is 0 Å². The average Bonchev–Trinajstić information content (AvgIpc) is 3.28. The van der Waals surface area contributed by atoms with E-state index in [-0.39, 0.29) is 17.7 Å². The van der Waals surface area contributed by atoms with Gasteiger partial charge >= 0.3 is 0 Å². The Hall–Kier alpha value is -2.34. The van der Waals surface area contributed by atoms with E-state index in [0.29, 0.717) is 0 Å². The zero-order chi connectivity index (χ0) is 17.4. The van der Waals surface area contributed by atoms with Crippen molar-refractivity contribution in [2.75, 3.05) is 42.5 Å². The summed E-state index contributed by atoms with van der Waals surface area (Å²) < 4.78 is 1.81. The molecule has 6 nitrogen and oxygen atoms in total. The van der Waals surface area contributed by atoms with E-state index in [9.17, 15) is 4.79 Å². The van der Waals surface area contributed by atoms with Crippen LogP contribution in [0.5, 0.6) is 0 Å². The van der Waals surface area contributed by atoms with Crippen molar-refractivity contribution in [3.63, 3.8) is 0 Å². The molecule has 1 saturated heterocycles. The quantitative estimate of drug-likeness (QED) is 0.923. The number of hydrogen-bond donors (Lipinski definition) is 1. The van der Waals surface area contributed by atoms with Gasteiger partial charge in [0.15, 0.2) is 0 Å². The number of aryl methyl sites for hydroxylation is 1. The van der Waals surface area contributed by atoms with E-state index >= 15 is 0 Å². The fourth-order valence-corrected chi connectivity index (χ4v) is 4.10. The van der Waals surface area contributed by atoms with Crippen LogP contribution < -0.4 is 15.1 Å². The Labute approximate surface area is 148 Å². The van der Waals surface area contributed by atoms with Crippen molar-refractivity contribution >= 4 is 17.3 Å². The molecule has 4 rings (SSSR count). The van der Waals surface area contributed by atoms with Crippen molar-refractivity contribution < 1.29 is 4.79 Å². The summed E-state index contributed by atoms with van der Waals surface area (Å²) in [7, 11) is 1.92. The van der Waals surface area contributed by atoms with E-state index in [2.05, 4.69) is 34.4 Å². The normalized spacial score (nSPS) is 23.0. The molecule has 2 aromatic rings. The summed E-state index contributed by atoms with van der Waals surface area (Å²) in [5.41, 5.74) is 3.34. The molecule has 0 unspecified atom stereocenters. The van der Waals surface area contributed by atoms with Gasteiger partial charge in [0, 0.05) is 51.9 Å². The Morgan fingerprint density at radius 2 is 2.04 bits per heavy atom. The van der Waals surface area contributed by atoms with Crippen molar-refractivity contribution in [2.24, 2.45) is 13.0 Å². The second kappa shape index (κ2) is 6.52. The van der Waals surface area contributed by atoms with Gasteiger partial charge in [0.2, 0.25) is 5.91 Å². The first-order valence-electron chi connectivity index (χ1n) is 9.03. The molecule has 0 bridgehead atoms. The minimum atomic E-state index is -0.0366. The fraction of sp³-hybridized carbons (Fsp3) is 0.474. The number of hydrogen-bond acceptors (Lipinski definition) is 4. The third kappa shape index (κ3) is 2.80. The highest BCUT2D eigenvalue weighted by atomic mass is 16.2. The molecule has 1 fully saturated rings. The lowest BCUT2D eigenvalue weighted by molar-refractivity contribution is -0.122. The van der Waals surface area contributed by atoms with Gasteiger partial charge in [-0.3, -0.25) is 9.48 Å². The number of benzene rings is 1. The van der Waals surface area contributed by atoms with Crippen LogP contribution in [0.1, 0.15) is 18.4 Å². The zero-order valence-electron chi connectivity index (χ0n) is 14.9. The van der Waals surface area contributed by atoms with Crippen LogP contribution in [0.25, 0.3) is 0 Å². The summed E-state index contributed by atoms with van der Waals surface area (Å²) in [5.74, 6) is 0.380. The van der Waals surface area contributed by atoms with Crippen LogP contribution in [-0.2, 0) is 11.8 Å². The first kappa shape index (κ1) is 16.1. The van der Waals surface area contributed by atoms with E-state index in [1.54, 1.807) is 0 Å². The van der Waals surface area contributed by atoms with Gasteiger partial charge < -0.3 is 15.1 Å². The average molecular weight is 339 g/mol. The number of carbonyl (C=O) groups is 1. The number of anilines is 2. The summed E-state index contributed by atoms with van der Waals surface area (Å²) in [6.45, 7) is 6.32.